The molecular weight excluding hydrogens is 232 g/mol. The largest absolute Gasteiger partial charge is 0.480 e. The predicted octanol–water partition coefficient (Wildman–Crippen LogP) is -0.716. The first-order valence-electron chi connectivity index (χ1n) is 5.25. The summed E-state index contributed by atoms with van der Waals surface area (Å²) >= 11 is 0. The second-order valence-electron chi connectivity index (χ2n) is 3.64. The maximum atomic E-state index is 10.4. The van der Waals surface area contributed by atoms with Crippen LogP contribution in [-0.2, 0) is 14.6 Å². The summed E-state index contributed by atoms with van der Waals surface area (Å²) in [5, 5.41) is 25.1. The minimum atomic E-state index is -0.878. The van der Waals surface area contributed by atoms with Crippen LogP contribution in [0, 0.1) is 0 Å². The van der Waals surface area contributed by atoms with E-state index in [9.17, 15) is 4.79 Å². The zero-order valence-corrected chi connectivity index (χ0v) is 9.91. The van der Waals surface area contributed by atoms with Gasteiger partial charge < -0.3 is 5.11 Å². The molecule has 0 rings (SSSR count). The van der Waals surface area contributed by atoms with Crippen molar-refractivity contribution in [3.8, 4) is 0 Å². The van der Waals surface area contributed by atoms with Crippen molar-refractivity contribution in [2.45, 2.75) is 0 Å². The van der Waals surface area contributed by atoms with Crippen LogP contribution in [-0.4, -0.2) is 84.4 Å². The maximum absolute atomic E-state index is 10.4. The SMILES string of the molecule is CN(CCN(CCOO)CCOO)CC(=O)O. The number of hydrogen-bond donors (Lipinski definition) is 3. The molecule has 102 valence electrons. The molecule has 0 aliphatic heterocycles. The maximum Gasteiger partial charge on any atom is 0.317 e. The molecule has 0 fully saturated rings. The van der Waals surface area contributed by atoms with Crippen LogP contribution < -0.4 is 0 Å². The van der Waals surface area contributed by atoms with Gasteiger partial charge in [0.05, 0.1) is 19.8 Å². The summed E-state index contributed by atoms with van der Waals surface area (Å²) in [7, 11) is 1.71. The molecule has 0 aromatic rings. The second kappa shape index (κ2) is 10.4. The average molecular weight is 252 g/mol. The van der Waals surface area contributed by atoms with Gasteiger partial charge in [0.25, 0.3) is 0 Å². The molecule has 8 heteroatoms. The Balaban J connectivity index is 3.83. The molecule has 0 bridgehead atoms. The van der Waals surface area contributed by atoms with Crippen LogP contribution >= 0.6 is 0 Å². The number of carboxylic acid groups (broad SMARTS) is 1. The quantitative estimate of drug-likeness (QED) is 0.327. The van der Waals surface area contributed by atoms with Crippen LogP contribution in [0.3, 0.4) is 0 Å². The number of aliphatic carboxylic acids is 1. The van der Waals surface area contributed by atoms with Gasteiger partial charge in [0.15, 0.2) is 0 Å². The zero-order valence-electron chi connectivity index (χ0n) is 9.91. The first kappa shape index (κ1) is 16.2. The third-order valence-corrected chi connectivity index (χ3v) is 2.20. The molecule has 0 saturated carbocycles. The molecule has 0 amide bonds. The summed E-state index contributed by atoms with van der Waals surface area (Å²) in [5.74, 6) is -0.878. The van der Waals surface area contributed by atoms with Gasteiger partial charge in [0, 0.05) is 26.2 Å². The molecule has 3 N–H and O–H groups in total. The molecule has 0 spiro atoms. The Morgan fingerprint density at radius 3 is 2.00 bits per heavy atom. The Hall–Kier alpha value is -0.770. The van der Waals surface area contributed by atoms with Gasteiger partial charge in [-0.1, -0.05) is 0 Å². The minimum Gasteiger partial charge on any atom is -0.480 e. The Labute approximate surface area is 99.8 Å². The van der Waals surface area contributed by atoms with Crippen molar-refractivity contribution in [1.29, 1.82) is 0 Å². The molecule has 0 aliphatic rings. The molecule has 17 heavy (non-hydrogen) atoms. The van der Waals surface area contributed by atoms with E-state index in [1.165, 1.54) is 0 Å². The second-order valence-corrected chi connectivity index (χ2v) is 3.64. The van der Waals surface area contributed by atoms with E-state index in [4.69, 9.17) is 15.6 Å². The Kier molecular flexibility index (Phi) is 9.92. The lowest BCUT2D eigenvalue weighted by Crippen LogP contribution is -2.38. The monoisotopic (exact) mass is 252 g/mol. The third-order valence-electron chi connectivity index (χ3n) is 2.20. The van der Waals surface area contributed by atoms with E-state index in [0.717, 1.165) is 0 Å². The summed E-state index contributed by atoms with van der Waals surface area (Å²) in [6.45, 7) is 2.37. The molecule has 0 saturated heterocycles. The molecule has 8 nitrogen and oxygen atoms in total. The smallest absolute Gasteiger partial charge is 0.317 e. The lowest BCUT2D eigenvalue weighted by atomic mass is 10.4. The van der Waals surface area contributed by atoms with Crippen LogP contribution in [0.2, 0.25) is 0 Å². The normalized spacial score (nSPS) is 11.4. The van der Waals surface area contributed by atoms with Crippen LogP contribution in [0.5, 0.6) is 0 Å². The fourth-order valence-electron chi connectivity index (χ4n) is 1.30. The number of hydrogen-bond acceptors (Lipinski definition) is 7. The number of likely N-dealkylation sites (N-methyl/N-ethyl adjacent to an activating group) is 1. The number of nitrogens with zero attached hydrogens (tertiary/aromatic N) is 2. The predicted molar refractivity (Wildman–Crippen MR) is 58.7 cm³/mol. The molecular formula is C9H20N2O6. The molecule has 0 aromatic heterocycles. The van der Waals surface area contributed by atoms with Gasteiger partial charge in [-0.3, -0.25) is 25.1 Å². The third kappa shape index (κ3) is 10.1. The van der Waals surface area contributed by atoms with Crippen LogP contribution in [0.1, 0.15) is 0 Å². The van der Waals surface area contributed by atoms with Crippen molar-refractivity contribution in [3.63, 3.8) is 0 Å². The summed E-state index contributed by atoms with van der Waals surface area (Å²) < 4.78 is 0. The highest BCUT2D eigenvalue weighted by Gasteiger charge is 2.08. The van der Waals surface area contributed by atoms with Gasteiger partial charge in [0.2, 0.25) is 0 Å². The van der Waals surface area contributed by atoms with Crippen molar-refractivity contribution in [1.82, 2.24) is 9.80 Å². The van der Waals surface area contributed by atoms with Crippen molar-refractivity contribution in [2.75, 3.05) is 53.0 Å². The summed E-state index contributed by atoms with van der Waals surface area (Å²) in [4.78, 5) is 21.9. The van der Waals surface area contributed by atoms with Crippen molar-refractivity contribution < 1.29 is 30.2 Å². The highest BCUT2D eigenvalue weighted by Crippen LogP contribution is 1.91. The Bertz CT molecular complexity index is 196. The minimum absolute atomic E-state index is 0.0269. The Morgan fingerprint density at radius 2 is 1.59 bits per heavy atom. The standard InChI is InChI=1S/C9H20N2O6/c1-10(8-9(12)13)2-3-11(4-6-16-14)5-7-17-15/h14-15H,2-8H2,1H3,(H,12,13). The van der Waals surface area contributed by atoms with Gasteiger partial charge >= 0.3 is 5.97 Å². The van der Waals surface area contributed by atoms with Crippen molar-refractivity contribution in [2.24, 2.45) is 0 Å². The van der Waals surface area contributed by atoms with Gasteiger partial charge in [-0.15, -0.1) is 0 Å². The van der Waals surface area contributed by atoms with Crippen LogP contribution in [0.15, 0.2) is 0 Å². The van der Waals surface area contributed by atoms with Gasteiger partial charge in [-0.05, 0) is 7.05 Å². The van der Waals surface area contributed by atoms with Gasteiger partial charge in [-0.2, -0.15) is 0 Å². The van der Waals surface area contributed by atoms with E-state index >= 15 is 0 Å². The van der Waals surface area contributed by atoms with Crippen molar-refractivity contribution >= 4 is 5.97 Å². The fraction of sp³-hybridized carbons (Fsp3) is 0.889. The van der Waals surface area contributed by atoms with Crippen LogP contribution in [0.4, 0.5) is 0 Å². The molecule has 0 radical (unpaired) electrons. The lowest BCUT2D eigenvalue weighted by Gasteiger charge is -2.23. The zero-order chi connectivity index (χ0) is 13.1. The van der Waals surface area contributed by atoms with Crippen molar-refractivity contribution in [3.05, 3.63) is 0 Å². The van der Waals surface area contributed by atoms with E-state index in [2.05, 4.69) is 9.78 Å². The summed E-state index contributed by atoms with van der Waals surface area (Å²) in [5.41, 5.74) is 0. The first-order valence-corrected chi connectivity index (χ1v) is 5.25. The number of carboxylic acids is 1. The average Bonchev–Trinajstić information content (AvgIpc) is 2.27. The van der Waals surface area contributed by atoms with E-state index in [1.807, 2.05) is 4.90 Å². The topological polar surface area (TPSA) is 103 Å². The van der Waals surface area contributed by atoms with E-state index in [0.29, 0.717) is 26.2 Å². The molecule has 0 aliphatic carbocycles. The van der Waals surface area contributed by atoms with Gasteiger partial charge in [-0.25, -0.2) is 9.78 Å². The summed E-state index contributed by atoms with van der Waals surface area (Å²) in [6, 6.07) is 0. The lowest BCUT2D eigenvalue weighted by molar-refractivity contribution is -0.251. The fourth-order valence-corrected chi connectivity index (χ4v) is 1.30. The van der Waals surface area contributed by atoms with Gasteiger partial charge in [0.1, 0.15) is 0 Å². The Morgan fingerprint density at radius 1 is 1.06 bits per heavy atom. The molecule has 0 heterocycles. The summed E-state index contributed by atoms with van der Waals surface area (Å²) in [6.07, 6.45) is 0. The van der Waals surface area contributed by atoms with E-state index in [1.54, 1.807) is 11.9 Å². The molecule has 0 atom stereocenters. The highest BCUT2D eigenvalue weighted by atomic mass is 17.1. The number of carbonyl (C=O) groups is 1. The van der Waals surface area contributed by atoms with Crippen LogP contribution in [0.25, 0.3) is 0 Å². The number of rotatable bonds is 11. The van der Waals surface area contributed by atoms with E-state index < -0.39 is 5.97 Å². The molecule has 0 aromatic carbocycles. The first-order chi connectivity index (χ1) is 8.10. The molecule has 0 unspecified atom stereocenters. The van der Waals surface area contributed by atoms with E-state index in [-0.39, 0.29) is 19.8 Å². The highest BCUT2D eigenvalue weighted by molar-refractivity contribution is 5.68.